The van der Waals surface area contributed by atoms with Crippen molar-refractivity contribution < 1.29 is 18.7 Å². The van der Waals surface area contributed by atoms with Crippen molar-refractivity contribution in [2.75, 3.05) is 6.61 Å². The van der Waals surface area contributed by atoms with E-state index in [4.69, 9.17) is 27.9 Å². The number of nitrogens with zero attached hydrogens (tertiary/aromatic N) is 2. The average molecular weight is 849 g/mol. The van der Waals surface area contributed by atoms with Crippen LogP contribution in [-0.4, -0.2) is 31.7 Å². The minimum absolute atomic E-state index is 0.0389. The summed E-state index contributed by atoms with van der Waals surface area (Å²) in [5.74, 6) is -1.58. The van der Waals surface area contributed by atoms with Crippen LogP contribution in [0.1, 0.15) is 66.1 Å². The molecule has 0 aliphatic heterocycles. The highest BCUT2D eigenvalue weighted by Crippen LogP contribution is 2.45. The third-order valence-electron chi connectivity index (χ3n) is 8.51. The maximum absolute atomic E-state index is 14.5. The lowest BCUT2D eigenvalue weighted by molar-refractivity contribution is 0.0815. The van der Waals surface area contributed by atoms with Crippen molar-refractivity contribution in [1.29, 1.82) is 0 Å². The molecule has 0 unspecified atom stereocenters. The lowest BCUT2D eigenvalue weighted by atomic mass is 9.93. The van der Waals surface area contributed by atoms with Gasteiger partial charge in [-0.3, -0.25) is 14.7 Å². The Balaban J connectivity index is 1.31. The topological polar surface area (TPSA) is 73.2 Å². The number of alkyl halides is 1. The number of pyridine rings is 1. The highest BCUT2D eigenvalue weighted by molar-refractivity contribution is 14.1. The maximum atomic E-state index is 14.5. The van der Waals surface area contributed by atoms with Gasteiger partial charge in [-0.1, -0.05) is 92.5 Å². The van der Waals surface area contributed by atoms with Crippen molar-refractivity contribution >= 4 is 84.8 Å². The van der Waals surface area contributed by atoms with Gasteiger partial charge in [-0.25, -0.2) is 14.2 Å². The van der Waals surface area contributed by atoms with Crippen molar-refractivity contribution in [3.8, 4) is 11.1 Å². The molecule has 0 radical (unpaired) electrons. The largest absolute Gasteiger partial charge is 0.449 e. The second-order valence-electron chi connectivity index (χ2n) is 12.1. The normalized spacial score (nSPS) is 14.5. The molecule has 0 saturated carbocycles. The van der Waals surface area contributed by atoms with Crippen LogP contribution in [0.5, 0.6) is 0 Å². The third-order valence-corrected chi connectivity index (χ3v) is 10.8. The van der Waals surface area contributed by atoms with Gasteiger partial charge in [-0.05, 0) is 102 Å². The summed E-state index contributed by atoms with van der Waals surface area (Å²) in [5, 5.41) is 3.77. The number of benzene rings is 3. The molecule has 47 heavy (non-hydrogen) atoms. The third kappa shape index (κ3) is 6.44. The fourth-order valence-corrected chi connectivity index (χ4v) is 8.83. The quantitative estimate of drug-likeness (QED) is 0.0731. The second kappa shape index (κ2) is 13.5. The van der Waals surface area contributed by atoms with Gasteiger partial charge in [-0.15, -0.1) is 0 Å². The van der Waals surface area contributed by atoms with Gasteiger partial charge in [0.1, 0.15) is 18.1 Å². The molecule has 1 aliphatic carbocycles. The number of fused-ring (bicyclic) bond motifs is 4. The van der Waals surface area contributed by atoms with Gasteiger partial charge >= 0.3 is 6.09 Å². The molecule has 0 spiro atoms. The van der Waals surface area contributed by atoms with Crippen LogP contribution in [0.2, 0.25) is 10.0 Å². The first-order valence-electron chi connectivity index (χ1n) is 15.1. The van der Waals surface area contributed by atoms with E-state index in [-0.39, 0.29) is 23.5 Å². The highest BCUT2D eigenvalue weighted by atomic mass is 127. The number of nitrogens with one attached hydrogen (secondary N) is 1. The Morgan fingerprint density at radius 1 is 1.06 bits per heavy atom. The van der Waals surface area contributed by atoms with E-state index in [1.807, 2.05) is 73.7 Å². The molecule has 242 valence electrons. The summed E-state index contributed by atoms with van der Waals surface area (Å²) in [6.07, 6.45) is 2.88. The molecule has 6 rings (SSSR count). The Kier molecular flexibility index (Phi) is 9.73. The number of hydrogen-bond acceptors (Lipinski definition) is 4. The van der Waals surface area contributed by atoms with E-state index in [0.29, 0.717) is 38.1 Å². The van der Waals surface area contributed by atoms with Gasteiger partial charge < -0.3 is 4.74 Å². The van der Waals surface area contributed by atoms with Crippen molar-refractivity contribution in [2.45, 2.75) is 42.6 Å². The standard InChI is InChI=1S/C36H30BrCl2FIN3O3/c1-19(2)15-36(41,43-35(46)47-18-28-24-10-6-4-8-22(24)23-9-5-7-11-25(23)28)34(45)44-17-27(26-14-21(37)16-42-33(26)44)20(3)31-29(38)12-13-30(40)32(31)39/h4-14,16-17,19-20,28H,15,18H2,1-3H3,(H,43,46)/t20-,36+/m0/s1. The monoisotopic (exact) mass is 847 g/mol. The summed E-state index contributed by atoms with van der Waals surface area (Å²) >= 11 is 18.4. The number of carbonyl (C=O) groups is 2. The molecule has 1 N–H and O–H groups in total. The smallest absolute Gasteiger partial charge is 0.408 e. The average Bonchev–Trinajstić information content (AvgIpc) is 3.56. The van der Waals surface area contributed by atoms with Gasteiger partial charge in [0.05, 0.1) is 5.02 Å². The molecule has 0 fully saturated rings. The van der Waals surface area contributed by atoms with E-state index in [1.54, 1.807) is 12.4 Å². The Morgan fingerprint density at radius 2 is 1.70 bits per heavy atom. The van der Waals surface area contributed by atoms with E-state index in [1.165, 1.54) is 16.7 Å². The van der Waals surface area contributed by atoms with E-state index in [9.17, 15) is 14.0 Å². The molecular formula is C36H30BrCl2FIN3O3. The van der Waals surface area contributed by atoms with Crippen LogP contribution in [0.4, 0.5) is 9.18 Å². The Morgan fingerprint density at radius 3 is 2.34 bits per heavy atom. The molecule has 0 saturated heterocycles. The summed E-state index contributed by atoms with van der Waals surface area (Å²) in [6.45, 7) is 5.91. The van der Waals surface area contributed by atoms with E-state index in [0.717, 1.165) is 22.3 Å². The van der Waals surface area contributed by atoms with Gasteiger partial charge in [0.15, 0.2) is 3.55 Å². The Hall–Kier alpha value is -2.99. The number of halogens is 5. The summed E-state index contributed by atoms with van der Waals surface area (Å²) < 4.78 is 21.1. The molecule has 6 nitrogen and oxygen atoms in total. The zero-order valence-electron chi connectivity index (χ0n) is 25.7. The van der Waals surface area contributed by atoms with E-state index >= 15 is 0 Å². The van der Waals surface area contributed by atoms with Crippen molar-refractivity contribution in [3.05, 3.63) is 122 Å². The molecule has 2 heterocycles. The van der Waals surface area contributed by atoms with Gasteiger partial charge in [-0.2, -0.15) is 0 Å². The van der Waals surface area contributed by atoms with Crippen LogP contribution < -0.4 is 5.32 Å². The van der Waals surface area contributed by atoms with Crippen LogP contribution in [0, 0.1) is 11.7 Å². The van der Waals surface area contributed by atoms with Crippen LogP contribution in [0.25, 0.3) is 22.2 Å². The lowest BCUT2D eigenvalue weighted by Gasteiger charge is -2.29. The zero-order valence-corrected chi connectivity index (χ0v) is 30.9. The van der Waals surface area contributed by atoms with Crippen LogP contribution in [0.3, 0.4) is 0 Å². The first kappa shape index (κ1) is 33.9. The van der Waals surface area contributed by atoms with Crippen molar-refractivity contribution in [3.63, 3.8) is 0 Å². The SMILES string of the molecule is CC(C)C[C@@](I)(NC(=O)OCC1c2ccccc2-c2ccccc21)C(=O)n1cc([C@H](C)c2c(Cl)ccc(F)c2Cl)c2cc(Br)cnc21. The molecule has 3 aromatic carbocycles. The number of ether oxygens (including phenoxy) is 1. The fourth-order valence-electron chi connectivity index (χ4n) is 6.44. The van der Waals surface area contributed by atoms with Gasteiger partial charge in [0, 0.05) is 39.1 Å². The van der Waals surface area contributed by atoms with Crippen LogP contribution in [0.15, 0.2) is 83.6 Å². The molecule has 5 aromatic rings. The number of carbonyl (C=O) groups excluding carboxylic acids is 2. The summed E-state index contributed by atoms with van der Waals surface area (Å²) in [4.78, 5) is 32.6. The number of hydrogen-bond donors (Lipinski definition) is 1. The van der Waals surface area contributed by atoms with E-state index in [2.05, 4.69) is 50.5 Å². The van der Waals surface area contributed by atoms with Gasteiger partial charge in [0.2, 0.25) is 0 Å². The van der Waals surface area contributed by atoms with E-state index < -0.39 is 27.3 Å². The van der Waals surface area contributed by atoms with Gasteiger partial charge in [0.25, 0.3) is 5.91 Å². The van der Waals surface area contributed by atoms with Crippen LogP contribution in [-0.2, 0) is 4.74 Å². The zero-order chi connectivity index (χ0) is 33.6. The predicted octanol–water partition coefficient (Wildman–Crippen LogP) is 10.8. The molecule has 2 aromatic heterocycles. The minimum atomic E-state index is -1.39. The van der Waals surface area contributed by atoms with Crippen LogP contribution >= 0.6 is 61.7 Å². The molecular weight excluding hydrogens is 819 g/mol. The Bertz CT molecular complexity index is 1990. The summed E-state index contributed by atoms with van der Waals surface area (Å²) in [5.41, 5.74) is 5.89. The number of alkyl carbamates (subject to hydrolysis) is 1. The first-order valence-corrected chi connectivity index (χ1v) is 17.7. The molecule has 1 amide bonds. The van der Waals surface area contributed by atoms with Crippen molar-refractivity contribution in [1.82, 2.24) is 14.9 Å². The number of aromatic nitrogens is 2. The second-order valence-corrected chi connectivity index (χ2v) is 15.7. The number of amides is 1. The molecule has 0 bridgehead atoms. The summed E-state index contributed by atoms with van der Waals surface area (Å²) in [7, 11) is 0. The molecule has 2 atom stereocenters. The fraction of sp³-hybridized carbons (Fsp3) is 0.250. The summed E-state index contributed by atoms with van der Waals surface area (Å²) in [6, 6.07) is 20.7. The molecule has 1 aliphatic rings. The first-order chi connectivity index (χ1) is 22.4. The molecule has 11 heteroatoms. The predicted molar refractivity (Wildman–Crippen MR) is 196 cm³/mol. The highest BCUT2D eigenvalue weighted by Gasteiger charge is 2.41. The van der Waals surface area contributed by atoms with Crippen molar-refractivity contribution in [2.24, 2.45) is 5.92 Å². The number of rotatable bonds is 8. The maximum Gasteiger partial charge on any atom is 0.408 e. The Labute approximate surface area is 304 Å². The minimum Gasteiger partial charge on any atom is -0.449 e. The lowest BCUT2D eigenvalue weighted by Crippen LogP contribution is -2.52.